The molecule has 1 aromatic carbocycles. The molecule has 0 aliphatic rings. The van der Waals surface area contributed by atoms with E-state index in [0.29, 0.717) is 22.8 Å². The number of ether oxygens (including phenoxy) is 3. The van der Waals surface area contributed by atoms with E-state index in [4.69, 9.17) is 14.2 Å². The molecule has 2 heterocycles. The van der Waals surface area contributed by atoms with Gasteiger partial charge in [-0.1, -0.05) is 0 Å². The van der Waals surface area contributed by atoms with Crippen molar-refractivity contribution in [1.29, 1.82) is 0 Å². The Kier molecular flexibility index (Phi) is 6.09. The van der Waals surface area contributed by atoms with Gasteiger partial charge in [0.25, 0.3) is 11.5 Å². The Labute approximate surface area is 176 Å². The number of hydrogen-bond donors (Lipinski definition) is 1. The van der Waals surface area contributed by atoms with E-state index in [2.05, 4.69) is 15.5 Å². The molecule has 3 aromatic rings. The molecular weight excluding hydrogens is 408 g/mol. The highest BCUT2D eigenvalue weighted by atomic mass is 16.5. The van der Waals surface area contributed by atoms with E-state index < -0.39 is 17.2 Å². The van der Waals surface area contributed by atoms with Gasteiger partial charge < -0.3 is 18.8 Å². The average Bonchev–Trinajstić information content (AvgIpc) is 3.19. The van der Waals surface area contributed by atoms with Crippen LogP contribution in [0.2, 0.25) is 0 Å². The maximum Gasteiger partial charge on any atom is 0.332 e. The summed E-state index contributed by atoms with van der Waals surface area (Å²) in [5.74, 6) is 0.783. The first-order valence-electron chi connectivity index (χ1n) is 9.05. The van der Waals surface area contributed by atoms with Crippen molar-refractivity contribution in [3.8, 4) is 17.2 Å². The summed E-state index contributed by atoms with van der Waals surface area (Å²) in [6.45, 7) is -0.218. The highest BCUT2D eigenvalue weighted by Crippen LogP contribution is 2.38. The molecule has 0 unspecified atom stereocenters. The van der Waals surface area contributed by atoms with E-state index in [9.17, 15) is 14.4 Å². The normalized spacial score (nSPS) is 11.1. The second kappa shape index (κ2) is 8.73. The fourth-order valence-corrected chi connectivity index (χ4v) is 3.11. The molecule has 0 aliphatic heterocycles. The maximum atomic E-state index is 12.4. The van der Waals surface area contributed by atoms with Gasteiger partial charge in [-0.2, -0.15) is 5.10 Å². The molecule has 0 aliphatic carbocycles. The molecule has 31 heavy (non-hydrogen) atoms. The van der Waals surface area contributed by atoms with Gasteiger partial charge in [-0.25, -0.2) is 15.2 Å². The van der Waals surface area contributed by atoms with E-state index in [1.165, 1.54) is 57.1 Å². The zero-order chi connectivity index (χ0) is 22.7. The van der Waals surface area contributed by atoms with Gasteiger partial charge >= 0.3 is 5.69 Å². The van der Waals surface area contributed by atoms with Gasteiger partial charge in [0.1, 0.15) is 6.54 Å². The fraction of sp³-hybridized carbons (Fsp3) is 0.316. The number of methoxy groups -OCH3 is 3. The van der Waals surface area contributed by atoms with Crippen molar-refractivity contribution in [2.24, 2.45) is 19.2 Å². The molecule has 0 saturated heterocycles. The van der Waals surface area contributed by atoms with Crippen LogP contribution in [0.1, 0.15) is 5.56 Å². The van der Waals surface area contributed by atoms with Crippen LogP contribution in [0.15, 0.2) is 33.2 Å². The molecule has 0 fully saturated rings. The molecular formula is C19H22N6O6. The summed E-state index contributed by atoms with van der Waals surface area (Å²) in [4.78, 5) is 40.9. The van der Waals surface area contributed by atoms with E-state index in [1.54, 1.807) is 12.1 Å². The Morgan fingerprint density at radius 1 is 1.10 bits per heavy atom. The predicted molar refractivity (Wildman–Crippen MR) is 112 cm³/mol. The Morgan fingerprint density at radius 3 is 2.45 bits per heavy atom. The lowest BCUT2D eigenvalue weighted by atomic mass is 10.2. The molecule has 12 heteroatoms. The van der Waals surface area contributed by atoms with Crippen LogP contribution in [-0.2, 0) is 25.4 Å². The highest BCUT2D eigenvalue weighted by Gasteiger charge is 2.16. The molecule has 0 radical (unpaired) electrons. The van der Waals surface area contributed by atoms with Crippen LogP contribution in [0.4, 0.5) is 0 Å². The Hall–Kier alpha value is -4.09. The van der Waals surface area contributed by atoms with Crippen LogP contribution in [0.25, 0.3) is 11.2 Å². The van der Waals surface area contributed by atoms with E-state index in [1.807, 2.05) is 0 Å². The lowest BCUT2D eigenvalue weighted by Gasteiger charge is -2.13. The molecule has 3 rings (SSSR count). The number of imidazole rings is 1. The molecule has 0 atom stereocenters. The van der Waals surface area contributed by atoms with Crippen molar-refractivity contribution in [2.45, 2.75) is 6.54 Å². The third-order valence-electron chi connectivity index (χ3n) is 4.66. The van der Waals surface area contributed by atoms with Crippen LogP contribution < -0.4 is 30.9 Å². The lowest BCUT2D eigenvalue weighted by Crippen LogP contribution is -2.38. The van der Waals surface area contributed by atoms with Crippen molar-refractivity contribution in [3.05, 3.63) is 44.9 Å². The number of nitrogens with one attached hydrogen (secondary N) is 1. The number of aromatic nitrogens is 4. The van der Waals surface area contributed by atoms with Crippen LogP contribution in [0.3, 0.4) is 0 Å². The van der Waals surface area contributed by atoms with Gasteiger partial charge in [0.05, 0.1) is 33.9 Å². The summed E-state index contributed by atoms with van der Waals surface area (Å²) >= 11 is 0. The molecule has 0 spiro atoms. The molecule has 0 bridgehead atoms. The quantitative estimate of drug-likeness (QED) is 0.399. The Balaban J connectivity index is 1.81. The Bertz CT molecular complexity index is 1290. The summed E-state index contributed by atoms with van der Waals surface area (Å²) in [6.07, 6.45) is 2.72. The molecule has 1 amide bonds. The molecule has 1 N–H and O–H groups in total. The topological polar surface area (TPSA) is 131 Å². The monoisotopic (exact) mass is 430 g/mol. The number of amides is 1. The van der Waals surface area contributed by atoms with Crippen molar-refractivity contribution in [1.82, 2.24) is 24.1 Å². The van der Waals surface area contributed by atoms with Crippen LogP contribution in [-0.4, -0.2) is 52.1 Å². The van der Waals surface area contributed by atoms with Crippen molar-refractivity contribution in [2.75, 3.05) is 21.3 Å². The zero-order valence-electron chi connectivity index (χ0n) is 17.7. The smallest absolute Gasteiger partial charge is 0.332 e. The largest absolute Gasteiger partial charge is 0.493 e. The average molecular weight is 430 g/mol. The van der Waals surface area contributed by atoms with Crippen molar-refractivity contribution < 1.29 is 19.0 Å². The van der Waals surface area contributed by atoms with Gasteiger partial charge in [-0.05, 0) is 12.1 Å². The first kappa shape index (κ1) is 21.6. The predicted octanol–water partition coefficient (Wildman–Crippen LogP) is -0.390. The van der Waals surface area contributed by atoms with E-state index in [0.717, 1.165) is 4.57 Å². The van der Waals surface area contributed by atoms with Gasteiger partial charge in [-0.3, -0.25) is 18.7 Å². The minimum atomic E-state index is -0.540. The standard InChI is InChI=1S/C19H22N6O6/c1-23-17-14(18(27)24(2)19(23)28)25(10-20-17)9-13(26)22-21-8-11-6-7-12(29-3)16(31-5)15(11)30-4/h6-8,10H,9H2,1-5H3,(H,22,26)/b21-8+. The third-order valence-corrected chi connectivity index (χ3v) is 4.66. The second-order valence-corrected chi connectivity index (χ2v) is 6.47. The number of benzene rings is 1. The number of rotatable bonds is 7. The zero-order valence-corrected chi connectivity index (χ0v) is 17.7. The molecule has 0 saturated carbocycles. The fourth-order valence-electron chi connectivity index (χ4n) is 3.11. The summed E-state index contributed by atoms with van der Waals surface area (Å²) in [7, 11) is 7.34. The summed E-state index contributed by atoms with van der Waals surface area (Å²) in [5.41, 5.74) is 2.24. The summed E-state index contributed by atoms with van der Waals surface area (Å²) in [5, 5.41) is 3.94. The summed E-state index contributed by atoms with van der Waals surface area (Å²) in [6, 6.07) is 3.38. The number of fused-ring (bicyclic) bond motifs is 1. The van der Waals surface area contributed by atoms with Gasteiger partial charge in [0, 0.05) is 19.7 Å². The highest BCUT2D eigenvalue weighted by molar-refractivity contribution is 5.87. The first-order chi connectivity index (χ1) is 14.8. The van der Waals surface area contributed by atoms with Crippen LogP contribution >= 0.6 is 0 Å². The lowest BCUT2D eigenvalue weighted by molar-refractivity contribution is -0.121. The molecule has 164 valence electrons. The van der Waals surface area contributed by atoms with Crippen LogP contribution in [0.5, 0.6) is 17.2 Å². The number of hydrogen-bond acceptors (Lipinski definition) is 8. The number of carbonyl (C=O) groups is 1. The van der Waals surface area contributed by atoms with Crippen molar-refractivity contribution in [3.63, 3.8) is 0 Å². The van der Waals surface area contributed by atoms with E-state index >= 15 is 0 Å². The third kappa shape index (κ3) is 3.86. The number of aryl methyl sites for hydroxylation is 1. The van der Waals surface area contributed by atoms with Crippen molar-refractivity contribution >= 4 is 23.3 Å². The summed E-state index contributed by atoms with van der Waals surface area (Å²) < 4.78 is 19.5. The van der Waals surface area contributed by atoms with Gasteiger partial charge in [-0.15, -0.1) is 0 Å². The SMILES string of the molecule is COc1ccc(/C=N/NC(=O)Cn2cnc3c2c(=O)n(C)c(=O)n3C)c(OC)c1OC. The van der Waals surface area contributed by atoms with Gasteiger partial charge in [0.15, 0.2) is 22.7 Å². The number of carbonyl (C=O) groups excluding carboxylic acids is 1. The minimum Gasteiger partial charge on any atom is -0.493 e. The maximum absolute atomic E-state index is 12.4. The van der Waals surface area contributed by atoms with Crippen LogP contribution in [0, 0.1) is 0 Å². The second-order valence-electron chi connectivity index (χ2n) is 6.47. The van der Waals surface area contributed by atoms with Gasteiger partial charge in [0.2, 0.25) is 5.75 Å². The Morgan fingerprint density at radius 2 is 1.81 bits per heavy atom. The molecule has 2 aromatic heterocycles. The number of hydrazone groups is 1. The minimum absolute atomic E-state index is 0.144. The number of nitrogens with zero attached hydrogens (tertiary/aromatic N) is 5. The molecule has 12 nitrogen and oxygen atoms in total. The van der Waals surface area contributed by atoms with E-state index in [-0.39, 0.29) is 17.7 Å². The first-order valence-corrected chi connectivity index (χ1v) is 9.05.